The highest BCUT2D eigenvalue weighted by atomic mass is 17.2. The van der Waals surface area contributed by atoms with Crippen LogP contribution < -0.4 is 11.3 Å². The van der Waals surface area contributed by atoms with Gasteiger partial charge < -0.3 is 10.7 Å². The number of hydrogen-bond donors (Lipinski definition) is 3. The van der Waals surface area contributed by atoms with E-state index in [1.165, 1.54) is 6.33 Å². The molecule has 0 aliphatic carbocycles. The van der Waals surface area contributed by atoms with Gasteiger partial charge in [-0.1, -0.05) is 0 Å². The van der Waals surface area contributed by atoms with Gasteiger partial charge in [0.15, 0.2) is 11.2 Å². The number of imidazole rings is 1. The van der Waals surface area contributed by atoms with Crippen LogP contribution in [0.15, 0.2) is 11.1 Å². The number of aromatic amines is 2. The van der Waals surface area contributed by atoms with Crippen LogP contribution >= 0.6 is 0 Å². The highest BCUT2D eigenvalue weighted by Gasteiger charge is 2.01. The van der Waals surface area contributed by atoms with Crippen LogP contribution in [0.3, 0.4) is 0 Å². The SMILES string of the molecule is C1COOC1.Nc1nc2[nH]cnc2c(=O)[nH]1. The van der Waals surface area contributed by atoms with E-state index in [-0.39, 0.29) is 17.0 Å². The summed E-state index contributed by atoms with van der Waals surface area (Å²) in [7, 11) is 0. The molecule has 3 heterocycles. The van der Waals surface area contributed by atoms with Crippen molar-refractivity contribution in [3.8, 4) is 0 Å². The molecule has 0 amide bonds. The van der Waals surface area contributed by atoms with Gasteiger partial charge in [-0.25, -0.2) is 14.8 Å². The van der Waals surface area contributed by atoms with E-state index >= 15 is 0 Å². The molecular weight excluding hydrogens is 214 g/mol. The fraction of sp³-hybridized carbons (Fsp3) is 0.375. The topological polar surface area (TPSA) is 119 Å². The van der Waals surface area contributed by atoms with E-state index < -0.39 is 0 Å². The molecule has 3 rings (SSSR count). The highest BCUT2D eigenvalue weighted by molar-refractivity contribution is 5.69. The summed E-state index contributed by atoms with van der Waals surface area (Å²) in [6, 6.07) is 0. The first-order chi connectivity index (χ1) is 7.77. The summed E-state index contributed by atoms with van der Waals surface area (Å²) in [4.78, 5) is 32.4. The molecule has 8 heteroatoms. The quantitative estimate of drug-likeness (QED) is 0.523. The van der Waals surface area contributed by atoms with Crippen molar-refractivity contribution in [1.82, 2.24) is 19.9 Å². The average Bonchev–Trinajstić information content (AvgIpc) is 2.90. The Balaban J connectivity index is 0.000000162. The molecule has 0 unspecified atom stereocenters. The predicted molar refractivity (Wildman–Crippen MR) is 55.4 cm³/mol. The number of nitrogens with one attached hydrogen (secondary N) is 2. The zero-order valence-electron chi connectivity index (χ0n) is 8.40. The summed E-state index contributed by atoms with van der Waals surface area (Å²) in [5, 5.41) is 0. The van der Waals surface area contributed by atoms with Gasteiger partial charge in [0, 0.05) is 6.42 Å². The van der Waals surface area contributed by atoms with E-state index in [4.69, 9.17) is 5.73 Å². The van der Waals surface area contributed by atoms with E-state index in [1.807, 2.05) is 0 Å². The maximum absolute atomic E-state index is 11.0. The first-order valence-electron chi connectivity index (χ1n) is 4.70. The van der Waals surface area contributed by atoms with E-state index in [1.54, 1.807) is 0 Å². The Hall–Kier alpha value is -1.93. The third-order valence-corrected chi connectivity index (χ3v) is 1.85. The molecular formula is C8H11N5O3. The molecule has 1 saturated heterocycles. The van der Waals surface area contributed by atoms with Crippen molar-refractivity contribution in [2.75, 3.05) is 18.9 Å². The lowest BCUT2D eigenvalue weighted by atomic mass is 10.5. The highest BCUT2D eigenvalue weighted by Crippen LogP contribution is 1.98. The molecule has 4 N–H and O–H groups in total. The Morgan fingerprint density at radius 3 is 2.75 bits per heavy atom. The fourth-order valence-corrected chi connectivity index (χ4v) is 1.16. The van der Waals surface area contributed by atoms with Gasteiger partial charge >= 0.3 is 0 Å². The Labute approximate surface area is 89.7 Å². The lowest BCUT2D eigenvalue weighted by Crippen LogP contribution is -2.10. The molecule has 1 aliphatic rings. The van der Waals surface area contributed by atoms with Gasteiger partial charge in [-0.15, -0.1) is 0 Å². The molecule has 2 aromatic rings. The van der Waals surface area contributed by atoms with Crippen molar-refractivity contribution in [2.45, 2.75) is 6.42 Å². The number of hydrogen-bond acceptors (Lipinski definition) is 6. The van der Waals surface area contributed by atoms with E-state index in [9.17, 15) is 4.79 Å². The largest absolute Gasteiger partial charge is 0.369 e. The van der Waals surface area contributed by atoms with Crippen molar-refractivity contribution >= 4 is 17.1 Å². The van der Waals surface area contributed by atoms with Gasteiger partial charge in [-0.05, 0) is 0 Å². The smallest absolute Gasteiger partial charge is 0.280 e. The second-order valence-corrected chi connectivity index (χ2v) is 3.05. The predicted octanol–water partition coefficient (Wildman–Crippen LogP) is -0.433. The molecule has 0 radical (unpaired) electrons. The number of nitrogen functional groups attached to an aromatic ring is 1. The molecule has 2 aromatic heterocycles. The zero-order valence-corrected chi connectivity index (χ0v) is 8.40. The monoisotopic (exact) mass is 225 g/mol. The molecule has 86 valence electrons. The molecule has 8 nitrogen and oxygen atoms in total. The Bertz CT molecular complexity index is 508. The van der Waals surface area contributed by atoms with Crippen LogP contribution in [0.2, 0.25) is 0 Å². The van der Waals surface area contributed by atoms with Crippen molar-refractivity contribution in [2.24, 2.45) is 0 Å². The van der Waals surface area contributed by atoms with Crippen LogP contribution in [-0.2, 0) is 9.78 Å². The first-order valence-corrected chi connectivity index (χ1v) is 4.70. The first kappa shape index (κ1) is 10.6. The number of aromatic nitrogens is 4. The Kier molecular flexibility index (Phi) is 3.13. The third-order valence-electron chi connectivity index (χ3n) is 1.85. The van der Waals surface area contributed by atoms with Crippen molar-refractivity contribution < 1.29 is 9.78 Å². The Morgan fingerprint density at radius 1 is 1.38 bits per heavy atom. The summed E-state index contributed by atoms with van der Waals surface area (Å²) < 4.78 is 0. The standard InChI is InChI=1S/C5H5N5O.C3H6O2/c6-5-9-3-2(4(11)10-5)7-1-8-3;1-2-4-5-3-1/h1H,(H4,6,7,8,9,10,11);1-3H2. The van der Waals surface area contributed by atoms with E-state index in [0.717, 1.165) is 19.6 Å². The van der Waals surface area contributed by atoms with Crippen LogP contribution in [0, 0.1) is 0 Å². The van der Waals surface area contributed by atoms with Crippen molar-refractivity contribution in [1.29, 1.82) is 0 Å². The number of nitrogens with zero attached hydrogens (tertiary/aromatic N) is 2. The third kappa shape index (κ3) is 2.35. The maximum Gasteiger partial charge on any atom is 0.280 e. The minimum absolute atomic E-state index is 0.0896. The minimum Gasteiger partial charge on any atom is -0.369 e. The molecule has 0 bridgehead atoms. The number of rotatable bonds is 0. The van der Waals surface area contributed by atoms with E-state index in [2.05, 4.69) is 29.7 Å². The molecule has 0 atom stereocenters. The molecule has 0 aromatic carbocycles. The van der Waals surface area contributed by atoms with Gasteiger partial charge in [0.25, 0.3) is 5.56 Å². The lowest BCUT2D eigenvalue weighted by Gasteiger charge is -1.89. The van der Waals surface area contributed by atoms with Crippen LogP contribution in [-0.4, -0.2) is 33.1 Å². The van der Waals surface area contributed by atoms with Gasteiger partial charge in [-0.3, -0.25) is 9.78 Å². The second kappa shape index (κ2) is 4.73. The van der Waals surface area contributed by atoms with Crippen molar-refractivity contribution in [3.05, 3.63) is 16.7 Å². The summed E-state index contributed by atoms with van der Waals surface area (Å²) in [5.74, 6) is 0.0896. The minimum atomic E-state index is -0.325. The zero-order chi connectivity index (χ0) is 11.4. The summed E-state index contributed by atoms with van der Waals surface area (Å²) in [6.45, 7) is 1.56. The number of fused-ring (bicyclic) bond motifs is 1. The van der Waals surface area contributed by atoms with Gasteiger partial charge in [0.2, 0.25) is 5.95 Å². The fourth-order valence-electron chi connectivity index (χ4n) is 1.16. The summed E-state index contributed by atoms with van der Waals surface area (Å²) in [6.07, 6.45) is 2.45. The van der Waals surface area contributed by atoms with Crippen LogP contribution in [0.25, 0.3) is 11.2 Å². The van der Waals surface area contributed by atoms with Gasteiger partial charge in [-0.2, -0.15) is 4.98 Å². The van der Waals surface area contributed by atoms with Gasteiger partial charge in [0.05, 0.1) is 19.5 Å². The van der Waals surface area contributed by atoms with Crippen LogP contribution in [0.5, 0.6) is 0 Å². The molecule has 1 aliphatic heterocycles. The molecule has 16 heavy (non-hydrogen) atoms. The molecule has 0 saturated carbocycles. The molecule has 0 spiro atoms. The Morgan fingerprint density at radius 2 is 2.12 bits per heavy atom. The average molecular weight is 225 g/mol. The normalized spacial score (nSPS) is 14.8. The maximum atomic E-state index is 11.0. The summed E-state index contributed by atoms with van der Waals surface area (Å²) >= 11 is 0. The summed E-state index contributed by atoms with van der Waals surface area (Å²) in [5.41, 5.74) is 5.63. The molecule has 1 fully saturated rings. The number of anilines is 1. The van der Waals surface area contributed by atoms with Crippen LogP contribution in [0.4, 0.5) is 5.95 Å². The van der Waals surface area contributed by atoms with Crippen molar-refractivity contribution in [3.63, 3.8) is 0 Å². The van der Waals surface area contributed by atoms with Crippen LogP contribution in [0.1, 0.15) is 6.42 Å². The van der Waals surface area contributed by atoms with E-state index in [0.29, 0.717) is 5.65 Å². The lowest BCUT2D eigenvalue weighted by molar-refractivity contribution is -0.248. The van der Waals surface area contributed by atoms with Gasteiger partial charge in [0.1, 0.15) is 0 Å². The number of nitrogens with two attached hydrogens (primary N) is 1. The second-order valence-electron chi connectivity index (χ2n) is 3.05. The number of H-pyrrole nitrogens is 2.